The summed E-state index contributed by atoms with van der Waals surface area (Å²) in [5, 5.41) is 19.8. The summed E-state index contributed by atoms with van der Waals surface area (Å²) in [6.07, 6.45) is 0. The molecule has 2 aromatic carbocycles. The van der Waals surface area contributed by atoms with Crippen LogP contribution in [0, 0.1) is 11.6 Å². The third kappa shape index (κ3) is 3.13. The van der Waals surface area contributed by atoms with Gasteiger partial charge in [0.1, 0.15) is 11.6 Å². The minimum atomic E-state index is -4.12. The van der Waals surface area contributed by atoms with Crippen LogP contribution in [0.1, 0.15) is 0 Å². The summed E-state index contributed by atoms with van der Waals surface area (Å²) in [7, 11) is -4.12. The highest BCUT2D eigenvalue weighted by Gasteiger charge is 2.26. The standard InChI is InChI=1S/C16H11F2NO5S/c17-9-6-7-12(18)11(8-9)15-13(20)14(21)16(24-15)19-25(22,23)10-4-2-1-3-5-10/h1-8,19-21H. The van der Waals surface area contributed by atoms with Crippen molar-refractivity contribution in [2.24, 2.45) is 0 Å². The van der Waals surface area contributed by atoms with Crippen molar-refractivity contribution in [1.82, 2.24) is 0 Å². The normalized spacial score (nSPS) is 11.4. The summed E-state index contributed by atoms with van der Waals surface area (Å²) in [6.45, 7) is 0. The van der Waals surface area contributed by atoms with Crippen molar-refractivity contribution >= 4 is 15.9 Å². The first-order valence-corrected chi connectivity index (χ1v) is 8.36. The molecule has 0 radical (unpaired) electrons. The Hall–Kier alpha value is -3.07. The van der Waals surface area contributed by atoms with Crippen molar-refractivity contribution in [3.05, 3.63) is 60.2 Å². The Morgan fingerprint density at radius 2 is 1.64 bits per heavy atom. The zero-order valence-electron chi connectivity index (χ0n) is 12.4. The van der Waals surface area contributed by atoms with Gasteiger partial charge in [-0.3, -0.25) is 0 Å². The first-order chi connectivity index (χ1) is 11.8. The Morgan fingerprint density at radius 1 is 0.960 bits per heavy atom. The van der Waals surface area contributed by atoms with Crippen LogP contribution in [0.25, 0.3) is 11.3 Å². The topological polar surface area (TPSA) is 99.8 Å². The summed E-state index contributed by atoms with van der Waals surface area (Å²) < 4.78 is 58.6. The van der Waals surface area contributed by atoms with Crippen LogP contribution in [0.3, 0.4) is 0 Å². The second-order valence-electron chi connectivity index (χ2n) is 5.00. The second-order valence-corrected chi connectivity index (χ2v) is 6.68. The number of furan rings is 1. The predicted molar refractivity (Wildman–Crippen MR) is 84.6 cm³/mol. The summed E-state index contributed by atoms with van der Waals surface area (Å²) in [5.74, 6) is -4.94. The average Bonchev–Trinajstić information content (AvgIpc) is 2.86. The first-order valence-electron chi connectivity index (χ1n) is 6.87. The molecule has 0 aliphatic rings. The lowest BCUT2D eigenvalue weighted by Gasteiger charge is -2.05. The van der Waals surface area contributed by atoms with Gasteiger partial charge in [0.05, 0.1) is 10.5 Å². The molecular weight excluding hydrogens is 356 g/mol. The third-order valence-electron chi connectivity index (χ3n) is 3.31. The number of benzene rings is 2. The van der Waals surface area contributed by atoms with Gasteiger partial charge in [0.25, 0.3) is 15.9 Å². The first kappa shape index (κ1) is 16.8. The number of sulfonamides is 1. The highest BCUT2D eigenvalue weighted by molar-refractivity contribution is 7.92. The molecule has 3 rings (SSSR count). The molecule has 6 nitrogen and oxygen atoms in total. The Morgan fingerprint density at radius 3 is 2.32 bits per heavy atom. The van der Waals surface area contributed by atoms with E-state index in [2.05, 4.69) is 0 Å². The zero-order valence-corrected chi connectivity index (χ0v) is 13.2. The van der Waals surface area contributed by atoms with E-state index in [1.165, 1.54) is 24.3 Å². The molecule has 1 heterocycles. The molecule has 0 bridgehead atoms. The SMILES string of the molecule is O=S(=O)(Nc1oc(-c2cc(F)ccc2F)c(O)c1O)c1ccccc1. The number of hydrogen-bond acceptors (Lipinski definition) is 5. The lowest BCUT2D eigenvalue weighted by atomic mass is 10.1. The van der Waals surface area contributed by atoms with Gasteiger partial charge in [0.2, 0.25) is 11.5 Å². The molecule has 0 fully saturated rings. The fraction of sp³-hybridized carbons (Fsp3) is 0. The van der Waals surface area contributed by atoms with Crippen LogP contribution in [-0.2, 0) is 10.0 Å². The van der Waals surface area contributed by atoms with E-state index in [9.17, 15) is 27.4 Å². The lowest BCUT2D eigenvalue weighted by Crippen LogP contribution is -2.12. The number of nitrogens with one attached hydrogen (secondary N) is 1. The quantitative estimate of drug-likeness (QED) is 0.656. The Kier molecular flexibility index (Phi) is 4.09. The van der Waals surface area contributed by atoms with E-state index in [4.69, 9.17) is 4.42 Å². The molecule has 3 N–H and O–H groups in total. The largest absolute Gasteiger partial charge is 0.502 e. The molecule has 0 saturated heterocycles. The lowest BCUT2D eigenvalue weighted by molar-refractivity contribution is 0.410. The van der Waals surface area contributed by atoms with Crippen LogP contribution in [-0.4, -0.2) is 18.6 Å². The molecule has 0 unspecified atom stereocenters. The van der Waals surface area contributed by atoms with Gasteiger partial charge in [-0.2, -0.15) is 0 Å². The Balaban J connectivity index is 2.04. The third-order valence-corrected chi connectivity index (χ3v) is 4.66. The van der Waals surface area contributed by atoms with Crippen molar-refractivity contribution in [2.75, 3.05) is 4.72 Å². The molecule has 3 aromatic rings. The molecule has 9 heteroatoms. The summed E-state index contributed by atoms with van der Waals surface area (Å²) in [4.78, 5) is -0.122. The molecule has 0 spiro atoms. The van der Waals surface area contributed by atoms with Crippen LogP contribution < -0.4 is 4.72 Å². The Labute approximate surface area is 141 Å². The van der Waals surface area contributed by atoms with Crippen molar-refractivity contribution in [3.63, 3.8) is 0 Å². The molecule has 0 amide bonds. The number of anilines is 1. The van der Waals surface area contributed by atoms with Crippen LogP contribution in [0.5, 0.6) is 11.5 Å². The van der Waals surface area contributed by atoms with Gasteiger partial charge in [0.15, 0.2) is 5.76 Å². The number of aromatic hydroxyl groups is 2. The predicted octanol–water partition coefficient (Wildman–Crippen LogP) is 3.44. The highest BCUT2D eigenvalue weighted by Crippen LogP contribution is 2.46. The van der Waals surface area contributed by atoms with Gasteiger partial charge < -0.3 is 14.6 Å². The molecule has 0 aliphatic carbocycles. The molecule has 25 heavy (non-hydrogen) atoms. The summed E-state index contributed by atoms with van der Waals surface area (Å²) in [6, 6.07) is 9.59. The minimum Gasteiger partial charge on any atom is -0.502 e. The van der Waals surface area contributed by atoms with Crippen LogP contribution in [0.4, 0.5) is 14.7 Å². The summed E-state index contributed by atoms with van der Waals surface area (Å²) >= 11 is 0. The zero-order chi connectivity index (χ0) is 18.2. The molecule has 0 saturated carbocycles. The molecule has 1 aromatic heterocycles. The van der Waals surface area contributed by atoms with Gasteiger partial charge >= 0.3 is 0 Å². The maximum Gasteiger partial charge on any atom is 0.264 e. The maximum absolute atomic E-state index is 13.8. The van der Waals surface area contributed by atoms with E-state index < -0.39 is 50.4 Å². The smallest absolute Gasteiger partial charge is 0.264 e. The molecular formula is C16H11F2NO5S. The second kappa shape index (κ2) is 6.10. The van der Waals surface area contributed by atoms with E-state index in [-0.39, 0.29) is 4.90 Å². The van der Waals surface area contributed by atoms with Crippen LogP contribution in [0.15, 0.2) is 57.8 Å². The fourth-order valence-corrected chi connectivity index (χ4v) is 3.13. The van der Waals surface area contributed by atoms with E-state index in [0.29, 0.717) is 0 Å². The van der Waals surface area contributed by atoms with Crippen LogP contribution in [0.2, 0.25) is 0 Å². The van der Waals surface area contributed by atoms with E-state index in [1.807, 2.05) is 4.72 Å². The molecule has 130 valence electrons. The Bertz CT molecular complexity index is 1030. The van der Waals surface area contributed by atoms with E-state index >= 15 is 0 Å². The number of hydrogen-bond donors (Lipinski definition) is 3. The van der Waals surface area contributed by atoms with Gasteiger partial charge in [-0.25, -0.2) is 21.9 Å². The van der Waals surface area contributed by atoms with E-state index in [0.717, 1.165) is 18.2 Å². The maximum atomic E-state index is 13.8. The molecule has 0 atom stereocenters. The van der Waals surface area contributed by atoms with Crippen molar-refractivity contribution < 1.29 is 31.8 Å². The monoisotopic (exact) mass is 367 g/mol. The van der Waals surface area contributed by atoms with E-state index in [1.54, 1.807) is 6.07 Å². The van der Waals surface area contributed by atoms with Gasteiger partial charge in [0, 0.05) is 0 Å². The highest BCUT2D eigenvalue weighted by atomic mass is 32.2. The fourth-order valence-electron chi connectivity index (χ4n) is 2.12. The number of rotatable bonds is 4. The van der Waals surface area contributed by atoms with Crippen molar-refractivity contribution in [3.8, 4) is 22.8 Å². The van der Waals surface area contributed by atoms with Gasteiger partial charge in [-0.15, -0.1) is 0 Å². The molecule has 0 aliphatic heterocycles. The van der Waals surface area contributed by atoms with Gasteiger partial charge in [-0.05, 0) is 30.3 Å². The average molecular weight is 367 g/mol. The number of halogens is 2. The van der Waals surface area contributed by atoms with Crippen molar-refractivity contribution in [1.29, 1.82) is 0 Å². The van der Waals surface area contributed by atoms with Crippen molar-refractivity contribution in [2.45, 2.75) is 4.90 Å². The minimum absolute atomic E-state index is 0.122. The van der Waals surface area contributed by atoms with Crippen LogP contribution >= 0.6 is 0 Å². The van der Waals surface area contributed by atoms with Gasteiger partial charge in [-0.1, -0.05) is 18.2 Å². The summed E-state index contributed by atoms with van der Waals surface area (Å²) in [5.41, 5.74) is -0.474.